The van der Waals surface area contributed by atoms with Crippen LogP contribution >= 0.6 is 0 Å². The molecule has 0 aromatic heterocycles. The maximum atomic E-state index is 12.5. The smallest absolute Gasteiger partial charge is 0.227 e. The Morgan fingerprint density at radius 3 is 2.26 bits per heavy atom. The highest BCUT2D eigenvalue weighted by molar-refractivity contribution is 5.80. The van der Waals surface area contributed by atoms with Gasteiger partial charge in [-0.25, -0.2) is 0 Å². The Hall–Kier alpha value is -1.10. The molecule has 0 spiro atoms. The van der Waals surface area contributed by atoms with E-state index in [0.717, 1.165) is 51.4 Å². The highest BCUT2D eigenvalue weighted by atomic mass is 16.2. The van der Waals surface area contributed by atoms with E-state index in [2.05, 4.69) is 5.32 Å². The van der Waals surface area contributed by atoms with Crippen LogP contribution in [0.2, 0.25) is 0 Å². The fraction of sp³-hybridized carbons (Fsp3) is 0.889. The van der Waals surface area contributed by atoms with Crippen molar-refractivity contribution >= 4 is 11.8 Å². The van der Waals surface area contributed by atoms with Crippen LogP contribution in [-0.4, -0.2) is 60.9 Å². The van der Waals surface area contributed by atoms with Gasteiger partial charge in [0.1, 0.15) is 0 Å². The summed E-state index contributed by atoms with van der Waals surface area (Å²) in [5.74, 6) is 1.51. The molecule has 0 aromatic rings. The van der Waals surface area contributed by atoms with E-state index >= 15 is 0 Å². The molecule has 1 unspecified atom stereocenters. The molecule has 2 aliphatic heterocycles. The first-order valence-electron chi connectivity index (χ1n) is 9.51. The standard InChI is InChI=1S/C18H31N3O2/c22-17(8-7-15-4-1-2-5-15)20-10-12-21(13-11-20)18(23)16-6-3-9-19-14-16/h15-16,19H,1-14H2. The average molecular weight is 321 g/mol. The fourth-order valence-electron chi connectivity index (χ4n) is 4.28. The molecule has 5 heteroatoms. The molecule has 5 nitrogen and oxygen atoms in total. The molecule has 3 fully saturated rings. The summed E-state index contributed by atoms with van der Waals surface area (Å²) >= 11 is 0. The minimum Gasteiger partial charge on any atom is -0.339 e. The largest absolute Gasteiger partial charge is 0.339 e. The van der Waals surface area contributed by atoms with E-state index in [1.54, 1.807) is 0 Å². The molecule has 130 valence electrons. The number of carbonyl (C=O) groups is 2. The quantitative estimate of drug-likeness (QED) is 0.856. The van der Waals surface area contributed by atoms with Gasteiger partial charge in [-0.2, -0.15) is 0 Å². The topological polar surface area (TPSA) is 52.7 Å². The Morgan fingerprint density at radius 2 is 1.61 bits per heavy atom. The Balaban J connectivity index is 1.38. The molecule has 23 heavy (non-hydrogen) atoms. The van der Waals surface area contributed by atoms with Crippen molar-refractivity contribution in [3.8, 4) is 0 Å². The summed E-state index contributed by atoms with van der Waals surface area (Å²) < 4.78 is 0. The molecule has 2 saturated heterocycles. The van der Waals surface area contributed by atoms with E-state index < -0.39 is 0 Å². The van der Waals surface area contributed by atoms with Crippen LogP contribution < -0.4 is 5.32 Å². The van der Waals surface area contributed by atoms with Crippen molar-refractivity contribution in [2.75, 3.05) is 39.3 Å². The summed E-state index contributed by atoms with van der Waals surface area (Å²) in [6, 6.07) is 0. The first kappa shape index (κ1) is 16.7. The minimum absolute atomic E-state index is 0.147. The van der Waals surface area contributed by atoms with Crippen molar-refractivity contribution in [3.05, 3.63) is 0 Å². The number of amides is 2. The van der Waals surface area contributed by atoms with Crippen LogP contribution in [0.5, 0.6) is 0 Å². The number of rotatable bonds is 4. The van der Waals surface area contributed by atoms with E-state index in [1.807, 2.05) is 9.80 Å². The van der Waals surface area contributed by atoms with Gasteiger partial charge in [0.05, 0.1) is 5.92 Å². The number of hydrogen-bond donors (Lipinski definition) is 1. The molecule has 0 bridgehead atoms. The molecule has 2 amide bonds. The second kappa shape index (κ2) is 8.13. The van der Waals surface area contributed by atoms with Crippen molar-refractivity contribution in [2.45, 2.75) is 51.4 Å². The second-order valence-corrected chi connectivity index (χ2v) is 7.44. The number of nitrogens with one attached hydrogen (secondary N) is 1. The van der Waals surface area contributed by atoms with Gasteiger partial charge >= 0.3 is 0 Å². The SMILES string of the molecule is O=C(CCC1CCCC1)N1CCN(C(=O)C2CCCNC2)CC1. The number of nitrogens with zero attached hydrogens (tertiary/aromatic N) is 2. The number of piperidine rings is 1. The van der Waals surface area contributed by atoms with Gasteiger partial charge in [-0.15, -0.1) is 0 Å². The van der Waals surface area contributed by atoms with Crippen LogP contribution in [0.3, 0.4) is 0 Å². The van der Waals surface area contributed by atoms with Crippen molar-refractivity contribution < 1.29 is 9.59 Å². The predicted molar refractivity (Wildman–Crippen MR) is 89.9 cm³/mol. The van der Waals surface area contributed by atoms with E-state index in [-0.39, 0.29) is 11.8 Å². The van der Waals surface area contributed by atoms with E-state index in [4.69, 9.17) is 0 Å². The Bertz CT molecular complexity index is 406. The van der Waals surface area contributed by atoms with Gasteiger partial charge in [-0.3, -0.25) is 9.59 Å². The van der Waals surface area contributed by atoms with Crippen LogP contribution in [0, 0.1) is 11.8 Å². The van der Waals surface area contributed by atoms with Gasteiger partial charge in [0.25, 0.3) is 0 Å². The van der Waals surface area contributed by atoms with Gasteiger partial charge in [0, 0.05) is 39.1 Å². The number of carbonyl (C=O) groups excluding carboxylic acids is 2. The van der Waals surface area contributed by atoms with Crippen molar-refractivity contribution in [2.24, 2.45) is 11.8 Å². The van der Waals surface area contributed by atoms with Crippen molar-refractivity contribution in [1.29, 1.82) is 0 Å². The van der Waals surface area contributed by atoms with Crippen LogP contribution in [-0.2, 0) is 9.59 Å². The molecule has 3 rings (SSSR count). The van der Waals surface area contributed by atoms with Gasteiger partial charge in [0.15, 0.2) is 0 Å². The van der Waals surface area contributed by atoms with E-state index in [0.29, 0.717) is 25.4 Å². The van der Waals surface area contributed by atoms with E-state index in [1.165, 1.54) is 25.7 Å². The molecular weight excluding hydrogens is 290 g/mol. The summed E-state index contributed by atoms with van der Waals surface area (Å²) in [6.45, 7) is 4.71. The lowest BCUT2D eigenvalue weighted by molar-refractivity contribution is -0.142. The first-order chi connectivity index (χ1) is 11.2. The minimum atomic E-state index is 0.147. The molecular formula is C18H31N3O2. The lowest BCUT2D eigenvalue weighted by Gasteiger charge is -2.37. The fourth-order valence-corrected chi connectivity index (χ4v) is 4.28. The Labute approximate surface area is 139 Å². The van der Waals surface area contributed by atoms with Crippen LogP contribution in [0.1, 0.15) is 51.4 Å². The molecule has 1 N–H and O–H groups in total. The van der Waals surface area contributed by atoms with Crippen LogP contribution in [0.4, 0.5) is 0 Å². The highest BCUT2D eigenvalue weighted by Crippen LogP contribution is 2.28. The maximum absolute atomic E-state index is 12.5. The summed E-state index contributed by atoms with van der Waals surface area (Å²) in [5.41, 5.74) is 0. The zero-order valence-electron chi connectivity index (χ0n) is 14.3. The lowest BCUT2D eigenvalue weighted by Crippen LogP contribution is -2.53. The summed E-state index contributed by atoms with van der Waals surface area (Å²) in [4.78, 5) is 28.8. The summed E-state index contributed by atoms with van der Waals surface area (Å²) in [7, 11) is 0. The van der Waals surface area contributed by atoms with Crippen molar-refractivity contribution in [3.63, 3.8) is 0 Å². The van der Waals surface area contributed by atoms with Gasteiger partial charge in [-0.1, -0.05) is 25.7 Å². The third-order valence-electron chi connectivity index (χ3n) is 5.83. The highest BCUT2D eigenvalue weighted by Gasteiger charge is 2.29. The summed E-state index contributed by atoms with van der Waals surface area (Å²) in [5, 5.41) is 3.31. The van der Waals surface area contributed by atoms with Gasteiger partial charge in [0.2, 0.25) is 11.8 Å². The molecule has 1 atom stereocenters. The Morgan fingerprint density at radius 1 is 0.913 bits per heavy atom. The number of hydrogen-bond acceptors (Lipinski definition) is 3. The third-order valence-corrected chi connectivity index (χ3v) is 5.83. The monoisotopic (exact) mass is 321 g/mol. The molecule has 0 aromatic carbocycles. The third kappa shape index (κ3) is 4.46. The van der Waals surface area contributed by atoms with Crippen LogP contribution in [0.15, 0.2) is 0 Å². The molecule has 1 saturated carbocycles. The zero-order valence-corrected chi connectivity index (χ0v) is 14.3. The normalized spacial score (nSPS) is 26.5. The molecule has 1 aliphatic carbocycles. The van der Waals surface area contributed by atoms with E-state index in [9.17, 15) is 9.59 Å². The Kier molecular flexibility index (Phi) is 5.92. The van der Waals surface area contributed by atoms with Crippen LogP contribution in [0.25, 0.3) is 0 Å². The molecule has 2 heterocycles. The van der Waals surface area contributed by atoms with Gasteiger partial charge < -0.3 is 15.1 Å². The van der Waals surface area contributed by atoms with Crippen molar-refractivity contribution in [1.82, 2.24) is 15.1 Å². The lowest BCUT2D eigenvalue weighted by atomic mass is 9.97. The average Bonchev–Trinajstić information content (AvgIpc) is 3.13. The summed E-state index contributed by atoms with van der Waals surface area (Å²) in [6.07, 6.45) is 9.17. The predicted octanol–water partition coefficient (Wildman–Crippen LogP) is 1.63. The maximum Gasteiger partial charge on any atom is 0.227 e. The van der Waals surface area contributed by atoms with Gasteiger partial charge in [-0.05, 0) is 31.7 Å². The first-order valence-corrected chi connectivity index (χ1v) is 9.51. The second-order valence-electron chi connectivity index (χ2n) is 7.44. The number of piperazine rings is 1. The zero-order chi connectivity index (χ0) is 16.1. The molecule has 0 radical (unpaired) electrons. The molecule has 3 aliphatic rings.